The number of nitrogens with two attached hydrogens (primary N) is 1. The van der Waals surface area contributed by atoms with Crippen molar-refractivity contribution in [3.63, 3.8) is 0 Å². The highest BCUT2D eigenvalue weighted by molar-refractivity contribution is 7.71. The number of nitrogens with zero attached hydrogens (tertiary/aromatic N) is 3. The first-order valence-electron chi connectivity index (χ1n) is 5.91. The standard InChI is InChI=1S/C11H17N5OS/c1-7-9-10(15(2)14-7)16(11(18)13-9)6-4-3-5-8(12)17/h3-6H2,1-2H3,(H2,12,17)(H,13,18). The fourth-order valence-corrected chi connectivity index (χ4v) is 2.43. The number of fused-ring (bicyclic) bond motifs is 1. The molecule has 6 nitrogen and oxygen atoms in total. The summed E-state index contributed by atoms with van der Waals surface area (Å²) in [5.74, 6) is -0.255. The smallest absolute Gasteiger partial charge is 0.217 e. The van der Waals surface area contributed by atoms with Gasteiger partial charge in [-0.3, -0.25) is 9.48 Å². The van der Waals surface area contributed by atoms with Crippen LogP contribution in [0.25, 0.3) is 11.2 Å². The van der Waals surface area contributed by atoms with Crippen LogP contribution < -0.4 is 5.73 Å². The van der Waals surface area contributed by atoms with E-state index in [4.69, 9.17) is 18.0 Å². The number of carbonyl (C=O) groups excluding carboxylic acids is 1. The van der Waals surface area contributed by atoms with E-state index in [0.717, 1.165) is 36.2 Å². The Balaban J connectivity index is 2.20. The number of imidazole rings is 1. The van der Waals surface area contributed by atoms with E-state index in [2.05, 4.69) is 10.1 Å². The molecule has 2 rings (SSSR count). The van der Waals surface area contributed by atoms with E-state index in [1.165, 1.54) is 0 Å². The van der Waals surface area contributed by atoms with E-state index in [1.807, 2.05) is 23.2 Å². The molecule has 0 saturated heterocycles. The quantitative estimate of drug-likeness (QED) is 0.634. The fraction of sp³-hybridized carbons (Fsp3) is 0.545. The maximum Gasteiger partial charge on any atom is 0.217 e. The normalized spacial score (nSPS) is 11.2. The molecule has 1 amide bonds. The van der Waals surface area contributed by atoms with Crippen LogP contribution in [0.15, 0.2) is 0 Å². The minimum absolute atomic E-state index is 0.255. The van der Waals surface area contributed by atoms with Crippen molar-refractivity contribution in [3.8, 4) is 0 Å². The van der Waals surface area contributed by atoms with E-state index in [1.54, 1.807) is 0 Å². The molecule has 18 heavy (non-hydrogen) atoms. The van der Waals surface area contributed by atoms with Crippen molar-refractivity contribution in [2.75, 3.05) is 0 Å². The maximum absolute atomic E-state index is 10.7. The average Bonchev–Trinajstić information content (AvgIpc) is 2.74. The number of aromatic amines is 1. The van der Waals surface area contributed by atoms with Crippen LogP contribution in [-0.4, -0.2) is 25.2 Å². The molecular weight excluding hydrogens is 250 g/mol. The van der Waals surface area contributed by atoms with Gasteiger partial charge in [0.05, 0.1) is 5.69 Å². The van der Waals surface area contributed by atoms with E-state index < -0.39 is 0 Å². The van der Waals surface area contributed by atoms with Crippen LogP contribution in [-0.2, 0) is 18.4 Å². The Morgan fingerprint density at radius 3 is 2.89 bits per heavy atom. The summed E-state index contributed by atoms with van der Waals surface area (Å²) in [5, 5.41) is 4.35. The molecule has 0 spiro atoms. The van der Waals surface area contributed by atoms with E-state index in [-0.39, 0.29) is 5.91 Å². The number of aryl methyl sites for hydroxylation is 3. The van der Waals surface area contributed by atoms with Gasteiger partial charge in [-0.1, -0.05) is 0 Å². The highest BCUT2D eigenvalue weighted by atomic mass is 32.1. The van der Waals surface area contributed by atoms with Crippen molar-refractivity contribution in [3.05, 3.63) is 10.5 Å². The van der Waals surface area contributed by atoms with Gasteiger partial charge < -0.3 is 15.3 Å². The molecule has 7 heteroatoms. The number of primary amides is 1. The minimum Gasteiger partial charge on any atom is -0.370 e. The molecule has 3 N–H and O–H groups in total. The summed E-state index contributed by atoms with van der Waals surface area (Å²) in [6, 6.07) is 0. The van der Waals surface area contributed by atoms with Crippen LogP contribution >= 0.6 is 12.2 Å². The summed E-state index contributed by atoms with van der Waals surface area (Å²) in [6.07, 6.45) is 2.07. The largest absolute Gasteiger partial charge is 0.370 e. The Labute approximate surface area is 110 Å². The lowest BCUT2D eigenvalue weighted by Gasteiger charge is -2.04. The SMILES string of the molecule is Cc1nn(C)c2c1[nH]c(=S)n2CCCCC(N)=O. The number of nitrogens with one attached hydrogen (secondary N) is 1. The van der Waals surface area contributed by atoms with Gasteiger partial charge >= 0.3 is 0 Å². The summed E-state index contributed by atoms with van der Waals surface area (Å²) >= 11 is 5.30. The molecule has 0 fully saturated rings. The monoisotopic (exact) mass is 267 g/mol. The fourth-order valence-electron chi connectivity index (χ4n) is 2.15. The second-order valence-corrected chi connectivity index (χ2v) is 4.80. The van der Waals surface area contributed by atoms with Crippen LogP contribution in [0.3, 0.4) is 0 Å². The van der Waals surface area contributed by atoms with Crippen molar-refractivity contribution >= 4 is 29.3 Å². The van der Waals surface area contributed by atoms with Gasteiger partial charge in [-0.2, -0.15) is 5.10 Å². The lowest BCUT2D eigenvalue weighted by atomic mass is 10.2. The number of unbranched alkanes of at least 4 members (excludes halogenated alkanes) is 1. The van der Waals surface area contributed by atoms with Crippen molar-refractivity contribution in [1.29, 1.82) is 0 Å². The second-order valence-electron chi connectivity index (χ2n) is 4.41. The van der Waals surface area contributed by atoms with E-state index >= 15 is 0 Å². The van der Waals surface area contributed by atoms with Crippen molar-refractivity contribution in [1.82, 2.24) is 19.3 Å². The van der Waals surface area contributed by atoms with Crippen molar-refractivity contribution in [2.45, 2.75) is 32.7 Å². The van der Waals surface area contributed by atoms with Crippen LogP contribution in [0.1, 0.15) is 25.0 Å². The van der Waals surface area contributed by atoms with Crippen molar-refractivity contribution < 1.29 is 4.79 Å². The van der Waals surface area contributed by atoms with Gasteiger partial charge in [0.2, 0.25) is 5.91 Å². The summed E-state index contributed by atoms with van der Waals surface area (Å²) < 4.78 is 4.54. The molecular formula is C11H17N5OS. The molecule has 0 radical (unpaired) electrons. The summed E-state index contributed by atoms with van der Waals surface area (Å²) in [4.78, 5) is 13.8. The zero-order chi connectivity index (χ0) is 13.3. The lowest BCUT2D eigenvalue weighted by Crippen LogP contribution is -2.10. The van der Waals surface area contributed by atoms with Gasteiger partial charge in [0, 0.05) is 20.0 Å². The number of rotatable bonds is 5. The van der Waals surface area contributed by atoms with Gasteiger partial charge in [-0.05, 0) is 32.0 Å². The second kappa shape index (κ2) is 4.93. The first-order valence-corrected chi connectivity index (χ1v) is 6.32. The zero-order valence-electron chi connectivity index (χ0n) is 10.6. The molecule has 0 atom stereocenters. The van der Waals surface area contributed by atoms with Crippen molar-refractivity contribution in [2.24, 2.45) is 12.8 Å². The van der Waals surface area contributed by atoms with Crippen LogP contribution in [0.4, 0.5) is 0 Å². The predicted molar refractivity (Wildman–Crippen MR) is 71.7 cm³/mol. The molecule has 98 valence electrons. The van der Waals surface area contributed by atoms with E-state index in [9.17, 15) is 4.79 Å². The Morgan fingerprint density at radius 2 is 2.22 bits per heavy atom. The van der Waals surface area contributed by atoms with Gasteiger partial charge in [0.15, 0.2) is 10.4 Å². The number of carbonyl (C=O) groups is 1. The molecule has 0 aliphatic carbocycles. The molecule has 0 unspecified atom stereocenters. The Kier molecular flexibility index (Phi) is 3.51. The highest BCUT2D eigenvalue weighted by Crippen LogP contribution is 2.17. The van der Waals surface area contributed by atoms with Gasteiger partial charge in [-0.15, -0.1) is 0 Å². The number of amides is 1. The molecule has 2 aromatic rings. The van der Waals surface area contributed by atoms with Gasteiger partial charge in [0.1, 0.15) is 5.52 Å². The summed E-state index contributed by atoms with van der Waals surface area (Å²) in [5.41, 5.74) is 8.03. The van der Waals surface area contributed by atoms with Gasteiger partial charge in [-0.25, -0.2) is 0 Å². The Hall–Kier alpha value is -1.63. The molecule has 0 aromatic carbocycles. The first kappa shape index (κ1) is 12.8. The third-order valence-electron chi connectivity index (χ3n) is 2.98. The molecule has 2 heterocycles. The number of aromatic nitrogens is 4. The number of hydrogen-bond acceptors (Lipinski definition) is 3. The Bertz CT molecular complexity index is 636. The third-order valence-corrected chi connectivity index (χ3v) is 3.30. The van der Waals surface area contributed by atoms with E-state index in [0.29, 0.717) is 11.2 Å². The van der Waals surface area contributed by atoms with Crippen LogP contribution in [0.5, 0.6) is 0 Å². The maximum atomic E-state index is 10.7. The first-order chi connectivity index (χ1) is 8.50. The zero-order valence-corrected chi connectivity index (χ0v) is 11.4. The number of hydrogen-bond donors (Lipinski definition) is 2. The molecule has 0 bridgehead atoms. The molecule has 0 aliphatic heterocycles. The summed E-state index contributed by atoms with van der Waals surface area (Å²) in [6.45, 7) is 2.72. The van der Waals surface area contributed by atoms with Crippen LogP contribution in [0.2, 0.25) is 0 Å². The topological polar surface area (TPSA) is 81.6 Å². The minimum atomic E-state index is -0.255. The highest BCUT2D eigenvalue weighted by Gasteiger charge is 2.12. The van der Waals surface area contributed by atoms with Gasteiger partial charge in [0.25, 0.3) is 0 Å². The summed E-state index contributed by atoms with van der Waals surface area (Å²) in [7, 11) is 1.90. The lowest BCUT2D eigenvalue weighted by molar-refractivity contribution is -0.118. The third kappa shape index (κ3) is 2.31. The predicted octanol–water partition coefficient (Wildman–Crippen LogP) is 1.40. The number of H-pyrrole nitrogens is 1. The van der Waals surface area contributed by atoms with Crippen LogP contribution in [0, 0.1) is 11.7 Å². The molecule has 0 saturated carbocycles. The molecule has 2 aromatic heterocycles. The average molecular weight is 267 g/mol. The Morgan fingerprint density at radius 1 is 1.50 bits per heavy atom. The molecule has 0 aliphatic rings.